The molecule has 1 saturated heterocycles. The Morgan fingerprint density at radius 3 is 3.08 bits per heavy atom. The maximum atomic E-state index is 13.9. The molecular formula is C18H24FN3O2. The minimum Gasteiger partial charge on any atom is -0.494 e. The summed E-state index contributed by atoms with van der Waals surface area (Å²) in [4.78, 5) is 0. The molecule has 1 fully saturated rings. The average molecular weight is 333 g/mol. The van der Waals surface area contributed by atoms with Crippen molar-refractivity contribution in [1.82, 2.24) is 15.5 Å². The molecule has 2 aromatic rings. The first-order chi connectivity index (χ1) is 11.7. The number of nitrogens with zero attached hydrogens (tertiary/aromatic N) is 1. The number of hydrogen-bond donors (Lipinski definition) is 2. The van der Waals surface area contributed by atoms with Crippen LogP contribution in [0.2, 0.25) is 0 Å². The zero-order valence-corrected chi connectivity index (χ0v) is 14.1. The van der Waals surface area contributed by atoms with Crippen LogP contribution < -0.4 is 10.1 Å². The van der Waals surface area contributed by atoms with Gasteiger partial charge < -0.3 is 14.8 Å². The van der Waals surface area contributed by atoms with Crippen molar-refractivity contribution in [1.29, 1.82) is 0 Å². The summed E-state index contributed by atoms with van der Waals surface area (Å²) in [6.45, 7) is 3.63. The van der Waals surface area contributed by atoms with Gasteiger partial charge in [0.05, 0.1) is 19.4 Å². The molecule has 24 heavy (non-hydrogen) atoms. The number of methoxy groups -OCH3 is 1. The van der Waals surface area contributed by atoms with E-state index in [-0.39, 0.29) is 23.7 Å². The van der Waals surface area contributed by atoms with Gasteiger partial charge in [-0.3, -0.25) is 5.10 Å². The van der Waals surface area contributed by atoms with Crippen LogP contribution in [0.15, 0.2) is 30.6 Å². The standard InChI is InChI=1S/C18H24FN3O2/c1-12(13-5-6-17(23-2)16(19)8-13)20-9-14-4-3-7-24-18(14)15-10-21-22-11-15/h5-6,8,10-12,14,18,20H,3-4,7,9H2,1-2H3,(H,21,22)/t12?,14-,18+/m0/s1. The van der Waals surface area contributed by atoms with Crippen LogP contribution in [0.3, 0.4) is 0 Å². The van der Waals surface area contributed by atoms with E-state index in [1.807, 2.05) is 25.4 Å². The molecule has 0 aliphatic carbocycles. The van der Waals surface area contributed by atoms with Gasteiger partial charge in [-0.25, -0.2) is 4.39 Å². The highest BCUT2D eigenvalue weighted by molar-refractivity contribution is 5.30. The Kier molecular flexibility index (Phi) is 5.48. The highest BCUT2D eigenvalue weighted by Gasteiger charge is 2.28. The van der Waals surface area contributed by atoms with Crippen LogP contribution in [0.25, 0.3) is 0 Å². The Bertz CT molecular complexity index is 648. The summed E-state index contributed by atoms with van der Waals surface area (Å²) in [5.41, 5.74) is 1.99. The van der Waals surface area contributed by atoms with Crippen LogP contribution in [0.5, 0.6) is 5.75 Å². The summed E-state index contributed by atoms with van der Waals surface area (Å²) in [5, 5.41) is 10.4. The Morgan fingerprint density at radius 2 is 2.38 bits per heavy atom. The van der Waals surface area contributed by atoms with Crippen molar-refractivity contribution >= 4 is 0 Å². The van der Waals surface area contributed by atoms with E-state index in [2.05, 4.69) is 15.5 Å². The SMILES string of the molecule is COc1ccc(C(C)NC[C@@H]2CCCO[C@H]2c2cn[nH]c2)cc1F. The molecule has 6 heteroatoms. The summed E-state index contributed by atoms with van der Waals surface area (Å²) in [6.07, 6.45) is 5.94. The van der Waals surface area contributed by atoms with Gasteiger partial charge >= 0.3 is 0 Å². The molecule has 0 amide bonds. The molecule has 3 atom stereocenters. The van der Waals surface area contributed by atoms with E-state index >= 15 is 0 Å². The first-order valence-electron chi connectivity index (χ1n) is 8.36. The number of benzene rings is 1. The normalized spacial score (nSPS) is 22.3. The number of rotatable bonds is 6. The largest absolute Gasteiger partial charge is 0.494 e. The number of aromatic amines is 1. The minimum absolute atomic E-state index is 0.0531. The van der Waals surface area contributed by atoms with Gasteiger partial charge in [-0.15, -0.1) is 0 Å². The molecule has 130 valence electrons. The third-order valence-corrected chi connectivity index (χ3v) is 4.65. The minimum atomic E-state index is -0.332. The second-order valence-corrected chi connectivity index (χ2v) is 6.25. The van der Waals surface area contributed by atoms with Crippen molar-refractivity contribution < 1.29 is 13.9 Å². The van der Waals surface area contributed by atoms with Gasteiger partial charge in [0, 0.05) is 36.9 Å². The van der Waals surface area contributed by atoms with Gasteiger partial charge in [-0.05, 0) is 37.5 Å². The molecule has 1 aliphatic rings. The van der Waals surface area contributed by atoms with Crippen LogP contribution in [-0.4, -0.2) is 30.5 Å². The molecule has 5 nitrogen and oxygen atoms in total. The summed E-state index contributed by atoms with van der Waals surface area (Å²) < 4.78 is 24.8. The van der Waals surface area contributed by atoms with Crippen molar-refractivity contribution in [3.05, 3.63) is 47.5 Å². The smallest absolute Gasteiger partial charge is 0.165 e. The summed E-state index contributed by atoms with van der Waals surface area (Å²) in [5.74, 6) is 0.314. The van der Waals surface area contributed by atoms with Crippen molar-refractivity contribution in [2.45, 2.75) is 31.9 Å². The topological polar surface area (TPSA) is 59.2 Å². The highest BCUT2D eigenvalue weighted by Crippen LogP contribution is 2.33. The number of H-pyrrole nitrogens is 1. The van der Waals surface area contributed by atoms with Crippen LogP contribution in [-0.2, 0) is 4.74 Å². The van der Waals surface area contributed by atoms with Gasteiger partial charge in [-0.2, -0.15) is 5.10 Å². The fraction of sp³-hybridized carbons (Fsp3) is 0.500. The molecule has 0 bridgehead atoms. The molecule has 0 spiro atoms. The summed E-state index contributed by atoms with van der Waals surface area (Å²) in [6, 6.07) is 5.14. The van der Waals surface area contributed by atoms with Crippen molar-refractivity contribution in [2.24, 2.45) is 5.92 Å². The van der Waals surface area contributed by atoms with Crippen LogP contribution in [0.1, 0.15) is 43.0 Å². The van der Waals surface area contributed by atoms with Crippen LogP contribution in [0.4, 0.5) is 4.39 Å². The molecule has 0 radical (unpaired) electrons. The van der Waals surface area contributed by atoms with Gasteiger partial charge in [0.25, 0.3) is 0 Å². The summed E-state index contributed by atoms with van der Waals surface area (Å²) >= 11 is 0. The van der Waals surface area contributed by atoms with E-state index in [1.54, 1.807) is 6.07 Å². The molecule has 1 unspecified atom stereocenters. The molecule has 2 N–H and O–H groups in total. The van der Waals surface area contributed by atoms with E-state index in [9.17, 15) is 4.39 Å². The maximum Gasteiger partial charge on any atom is 0.165 e. The summed E-state index contributed by atoms with van der Waals surface area (Å²) in [7, 11) is 1.47. The third-order valence-electron chi connectivity index (χ3n) is 4.65. The molecule has 1 aromatic heterocycles. The van der Waals surface area contributed by atoms with E-state index in [0.717, 1.165) is 37.1 Å². The lowest BCUT2D eigenvalue weighted by Crippen LogP contribution is -2.33. The quantitative estimate of drug-likeness (QED) is 0.851. The van der Waals surface area contributed by atoms with E-state index < -0.39 is 0 Å². The lowest BCUT2D eigenvalue weighted by Gasteiger charge is -2.32. The van der Waals surface area contributed by atoms with Gasteiger partial charge in [0.15, 0.2) is 11.6 Å². The highest BCUT2D eigenvalue weighted by atomic mass is 19.1. The number of nitrogens with one attached hydrogen (secondary N) is 2. The predicted molar refractivity (Wildman–Crippen MR) is 89.4 cm³/mol. The Labute approximate surface area is 141 Å². The molecule has 0 saturated carbocycles. The Morgan fingerprint density at radius 1 is 1.50 bits per heavy atom. The van der Waals surface area contributed by atoms with Gasteiger partial charge in [0.2, 0.25) is 0 Å². The second kappa shape index (κ2) is 7.77. The molecule has 1 aromatic carbocycles. The fourth-order valence-electron chi connectivity index (χ4n) is 3.24. The van der Waals surface area contributed by atoms with Gasteiger partial charge in [0.1, 0.15) is 0 Å². The van der Waals surface area contributed by atoms with E-state index in [0.29, 0.717) is 5.92 Å². The van der Waals surface area contributed by atoms with Gasteiger partial charge in [-0.1, -0.05) is 6.07 Å². The van der Waals surface area contributed by atoms with Crippen LogP contribution >= 0.6 is 0 Å². The fourth-order valence-corrected chi connectivity index (χ4v) is 3.24. The first kappa shape index (κ1) is 16.9. The van der Waals surface area contributed by atoms with Crippen LogP contribution in [0, 0.1) is 11.7 Å². The van der Waals surface area contributed by atoms with E-state index in [4.69, 9.17) is 9.47 Å². The number of aromatic nitrogens is 2. The zero-order chi connectivity index (χ0) is 16.9. The number of ether oxygens (including phenoxy) is 2. The van der Waals surface area contributed by atoms with Crippen molar-refractivity contribution in [2.75, 3.05) is 20.3 Å². The third kappa shape index (κ3) is 3.76. The van der Waals surface area contributed by atoms with E-state index in [1.165, 1.54) is 13.2 Å². The Balaban J connectivity index is 1.62. The van der Waals surface area contributed by atoms with Crippen molar-refractivity contribution in [3.63, 3.8) is 0 Å². The monoisotopic (exact) mass is 333 g/mol. The molecule has 1 aliphatic heterocycles. The Hall–Kier alpha value is -1.92. The lowest BCUT2D eigenvalue weighted by atomic mass is 9.90. The number of hydrogen-bond acceptors (Lipinski definition) is 4. The van der Waals surface area contributed by atoms with Crippen molar-refractivity contribution in [3.8, 4) is 5.75 Å². The molecule has 3 rings (SSSR count). The number of halogens is 1. The maximum absolute atomic E-state index is 13.9. The molecule has 2 heterocycles. The lowest BCUT2D eigenvalue weighted by molar-refractivity contribution is -0.0283. The zero-order valence-electron chi connectivity index (χ0n) is 14.1. The first-order valence-corrected chi connectivity index (χ1v) is 8.36. The average Bonchev–Trinajstić information content (AvgIpc) is 3.14. The second-order valence-electron chi connectivity index (χ2n) is 6.25. The molecular weight excluding hydrogens is 309 g/mol. The predicted octanol–water partition coefficient (Wildman–Crippen LogP) is 3.38.